The molecular weight excluding hydrogens is 168 g/mol. The van der Waals surface area contributed by atoms with Crippen molar-refractivity contribution >= 4 is 11.8 Å². The molecule has 0 heterocycles. The number of nitrogens with zero attached hydrogens (tertiary/aromatic N) is 2. The second kappa shape index (κ2) is 6.33. The van der Waals surface area contributed by atoms with Crippen LogP contribution in [0.25, 0.3) is 0 Å². The van der Waals surface area contributed by atoms with E-state index in [1.165, 1.54) is 5.75 Å². The van der Waals surface area contributed by atoms with E-state index in [-0.39, 0.29) is 6.04 Å². The Morgan fingerprint density at radius 1 is 1.50 bits per heavy atom. The molecule has 0 saturated heterocycles. The first-order chi connectivity index (χ1) is 5.63. The van der Waals surface area contributed by atoms with Gasteiger partial charge in [0, 0.05) is 6.04 Å². The van der Waals surface area contributed by atoms with E-state index in [2.05, 4.69) is 24.1 Å². The summed E-state index contributed by atoms with van der Waals surface area (Å²) < 4.78 is 0. The first-order valence-corrected chi connectivity index (χ1v) is 5.63. The SMILES string of the molecule is CSCCC(C)N(C)C(C)C#N. The normalized spacial score (nSPS) is 15.7. The number of nitriles is 1. The topological polar surface area (TPSA) is 27.0 Å². The van der Waals surface area contributed by atoms with Crippen LogP contribution in [0.4, 0.5) is 0 Å². The van der Waals surface area contributed by atoms with Gasteiger partial charge >= 0.3 is 0 Å². The molecule has 0 fully saturated rings. The molecule has 0 aliphatic heterocycles. The van der Waals surface area contributed by atoms with Crippen LogP contribution < -0.4 is 0 Å². The van der Waals surface area contributed by atoms with E-state index in [4.69, 9.17) is 5.26 Å². The van der Waals surface area contributed by atoms with Crippen molar-refractivity contribution in [3.8, 4) is 6.07 Å². The second-order valence-electron chi connectivity index (χ2n) is 3.10. The summed E-state index contributed by atoms with van der Waals surface area (Å²) in [5, 5.41) is 8.68. The fourth-order valence-corrected chi connectivity index (χ4v) is 1.54. The molecule has 70 valence electrons. The van der Waals surface area contributed by atoms with Gasteiger partial charge in [-0.1, -0.05) is 0 Å². The molecule has 0 aliphatic rings. The van der Waals surface area contributed by atoms with Crippen molar-refractivity contribution < 1.29 is 0 Å². The predicted octanol–water partition coefficient (Wildman–Crippen LogP) is 1.97. The molecule has 0 bridgehead atoms. The zero-order valence-corrected chi connectivity index (χ0v) is 9.19. The summed E-state index contributed by atoms with van der Waals surface area (Å²) in [5.41, 5.74) is 0. The van der Waals surface area contributed by atoms with Gasteiger partial charge in [0.15, 0.2) is 0 Å². The predicted molar refractivity (Wildman–Crippen MR) is 55.3 cm³/mol. The van der Waals surface area contributed by atoms with Crippen molar-refractivity contribution in [1.29, 1.82) is 5.26 Å². The molecule has 0 aromatic carbocycles. The van der Waals surface area contributed by atoms with E-state index in [1.54, 1.807) is 0 Å². The molecule has 12 heavy (non-hydrogen) atoms. The van der Waals surface area contributed by atoms with Crippen LogP contribution >= 0.6 is 11.8 Å². The highest BCUT2D eigenvalue weighted by Crippen LogP contribution is 2.08. The third kappa shape index (κ3) is 3.99. The fraction of sp³-hybridized carbons (Fsp3) is 0.889. The van der Waals surface area contributed by atoms with E-state index in [0.717, 1.165) is 6.42 Å². The Morgan fingerprint density at radius 2 is 2.08 bits per heavy atom. The molecular formula is C9H18N2S. The standard InChI is InChI=1S/C9H18N2S/c1-8(5-6-12-4)11(3)9(2)7-10/h8-9H,5-6H2,1-4H3. The maximum absolute atomic E-state index is 8.68. The van der Waals surface area contributed by atoms with E-state index in [0.29, 0.717) is 6.04 Å². The zero-order chi connectivity index (χ0) is 9.56. The van der Waals surface area contributed by atoms with Crippen molar-refractivity contribution in [2.75, 3.05) is 19.1 Å². The molecule has 0 aromatic rings. The molecule has 2 unspecified atom stereocenters. The number of hydrogen-bond acceptors (Lipinski definition) is 3. The van der Waals surface area contributed by atoms with Gasteiger partial charge < -0.3 is 0 Å². The number of rotatable bonds is 5. The average Bonchev–Trinajstić information content (AvgIpc) is 2.11. The van der Waals surface area contributed by atoms with Gasteiger partial charge in [0.25, 0.3) is 0 Å². The van der Waals surface area contributed by atoms with Gasteiger partial charge in [0.1, 0.15) is 0 Å². The summed E-state index contributed by atoms with van der Waals surface area (Å²) in [5.74, 6) is 1.17. The highest BCUT2D eigenvalue weighted by atomic mass is 32.2. The zero-order valence-electron chi connectivity index (χ0n) is 8.37. The minimum absolute atomic E-state index is 0.0295. The van der Waals surface area contributed by atoms with Crippen LogP contribution in [0.2, 0.25) is 0 Å². The minimum atomic E-state index is 0.0295. The molecule has 0 radical (unpaired) electrons. The lowest BCUT2D eigenvalue weighted by atomic mass is 10.2. The Balaban J connectivity index is 3.77. The molecule has 0 amide bonds. The van der Waals surface area contributed by atoms with E-state index in [1.807, 2.05) is 25.7 Å². The molecule has 0 aliphatic carbocycles. The monoisotopic (exact) mass is 186 g/mol. The molecule has 2 atom stereocenters. The van der Waals surface area contributed by atoms with Gasteiger partial charge in [-0.25, -0.2) is 0 Å². The van der Waals surface area contributed by atoms with Gasteiger partial charge in [0.05, 0.1) is 12.1 Å². The molecule has 3 heteroatoms. The maximum atomic E-state index is 8.68. The summed E-state index contributed by atoms with van der Waals surface area (Å²) in [6, 6.07) is 2.78. The number of hydrogen-bond donors (Lipinski definition) is 0. The van der Waals surface area contributed by atoms with Gasteiger partial charge in [0.2, 0.25) is 0 Å². The molecule has 0 aromatic heterocycles. The smallest absolute Gasteiger partial charge is 0.0949 e. The van der Waals surface area contributed by atoms with E-state index >= 15 is 0 Å². The lowest BCUT2D eigenvalue weighted by molar-refractivity contribution is 0.227. The van der Waals surface area contributed by atoms with Crippen molar-refractivity contribution in [2.24, 2.45) is 0 Å². The van der Waals surface area contributed by atoms with Crippen LogP contribution in [0.5, 0.6) is 0 Å². The lowest BCUT2D eigenvalue weighted by Crippen LogP contribution is -2.36. The summed E-state index contributed by atoms with van der Waals surface area (Å²) >= 11 is 1.86. The van der Waals surface area contributed by atoms with Crippen LogP contribution in [0.15, 0.2) is 0 Å². The molecule has 0 rings (SSSR count). The van der Waals surface area contributed by atoms with Crippen molar-refractivity contribution in [1.82, 2.24) is 4.90 Å². The fourth-order valence-electron chi connectivity index (χ4n) is 0.965. The van der Waals surface area contributed by atoms with Gasteiger partial charge in [-0.05, 0) is 39.3 Å². The Morgan fingerprint density at radius 3 is 2.50 bits per heavy atom. The van der Waals surface area contributed by atoms with Crippen LogP contribution in [-0.2, 0) is 0 Å². The van der Waals surface area contributed by atoms with Crippen molar-refractivity contribution in [3.63, 3.8) is 0 Å². The Bertz CT molecular complexity index is 153. The highest BCUT2D eigenvalue weighted by Gasteiger charge is 2.13. The molecule has 0 saturated carbocycles. The average molecular weight is 186 g/mol. The third-order valence-electron chi connectivity index (χ3n) is 2.23. The summed E-state index contributed by atoms with van der Waals surface area (Å²) in [4.78, 5) is 2.12. The molecule has 0 N–H and O–H groups in total. The summed E-state index contributed by atoms with van der Waals surface area (Å²) in [6.07, 6.45) is 3.27. The lowest BCUT2D eigenvalue weighted by Gasteiger charge is -2.26. The summed E-state index contributed by atoms with van der Waals surface area (Å²) in [7, 11) is 2.01. The maximum Gasteiger partial charge on any atom is 0.0949 e. The van der Waals surface area contributed by atoms with Crippen molar-refractivity contribution in [2.45, 2.75) is 32.4 Å². The molecule has 2 nitrogen and oxygen atoms in total. The second-order valence-corrected chi connectivity index (χ2v) is 4.09. The van der Waals surface area contributed by atoms with Gasteiger partial charge in [-0.3, -0.25) is 4.90 Å². The van der Waals surface area contributed by atoms with Crippen molar-refractivity contribution in [3.05, 3.63) is 0 Å². The van der Waals surface area contributed by atoms with E-state index in [9.17, 15) is 0 Å². The molecule has 0 spiro atoms. The first-order valence-electron chi connectivity index (χ1n) is 4.24. The van der Waals surface area contributed by atoms with Crippen LogP contribution in [0, 0.1) is 11.3 Å². The van der Waals surface area contributed by atoms with Gasteiger partial charge in [-0.2, -0.15) is 17.0 Å². The van der Waals surface area contributed by atoms with Crippen LogP contribution in [-0.4, -0.2) is 36.0 Å². The summed E-state index contributed by atoms with van der Waals surface area (Å²) in [6.45, 7) is 4.11. The quantitative estimate of drug-likeness (QED) is 0.657. The largest absolute Gasteiger partial charge is 0.289 e. The van der Waals surface area contributed by atoms with Gasteiger partial charge in [-0.15, -0.1) is 0 Å². The third-order valence-corrected chi connectivity index (χ3v) is 2.88. The first kappa shape index (κ1) is 11.8. The Labute approximate surface area is 79.9 Å². The Hall–Kier alpha value is -0.200. The van der Waals surface area contributed by atoms with Crippen LogP contribution in [0.1, 0.15) is 20.3 Å². The number of thioether (sulfide) groups is 1. The minimum Gasteiger partial charge on any atom is -0.289 e. The Kier molecular flexibility index (Phi) is 6.23. The van der Waals surface area contributed by atoms with E-state index < -0.39 is 0 Å². The highest BCUT2D eigenvalue weighted by molar-refractivity contribution is 7.98. The van der Waals surface area contributed by atoms with Crippen LogP contribution in [0.3, 0.4) is 0 Å².